The number of fused-ring (bicyclic) bond motifs is 1. The maximum atomic E-state index is 10.2. The maximum Gasteiger partial charge on any atom is 0.103 e. The fraction of sp³-hybridized carbons (Fsp3) is 0.500. The molecule has 1 unspecified atom stereocenters. The number of rotatable bonds is 4. The summed E-state index contributed by atoms with van der Waals surface area (Å²) in [5.74, 6) is 1.20. The summed E-state index contributed by atoms with van der Waals surface area (Å²) in [4.78, 5) is 10.2. The maximum absolute atomic E-state index is 10.2. The van der Waals surface area contributed by atoms with E-state index in [1.54, 1.807) is 0 Å². The topological polar surface area (TPSA) is 29.4 Å². The highest BCUT2D eigenvalue weighted by Crippen LogP contribution is 2.54. The summed E-state index contributed by atoms with van der Waals surface area (Å²) < 4.78 is 0. The lowest BCUT2D eigenvalue weighted by Gasteiger charge is -2.47. The molecule has 0 saturated heterocycles. The van der Waals surface area contributed by atoms with Crippen LogP contribution in [0.2, 0.25) is 0 Å². The summed E-state index contributed by atoms with van der Waals surface area (Å²) in [6.07, 6.45) is 7.53. The van der Waals surface area contributed by atoms with Crippen molar-refractivity contribution < 1.29 is 0 Å². The Kier molecular flexibility index (Phi) is 2.36. The monoisotopic (exact) mass is 189 g/mol. The molecule has 2 rings (SSSR count). The fourth-order valence-corrected chi connectivity index (χ4v) is 2.50. The van der Waals surface area contributed by atoms with E-state index in [2.05, 4.69) is 30.3 Å². The Morgan fingerprint density at radius 1 is 1.57 bits per heavy atom. The zero-order valence-corrected chi connectivity index (χ0v) is 8.66. The van der Waals surface area contributed by atoms with Gasteiger partial charge >= 0.3 is 0 Å². The first-order chi connectivity index (χ1) is 6.79. The summed E-state index contributed by atoms with van der Waals surface area (Å²) in [7, 11) is 0. The Morgan fingerprint density at radius 2 is 2.36 bits per heavy atom. The van der Waals surface area contributed by atoms with Gasteiger partial charge in [-0.15, -0.1) is 0 Å². The number of hydrogen-bond acceptors (Lipinski definition) is 2. The second kappa shape index (κ2) is 3.52. The van der Waals surface area contributed by atoms with Crippen molar-refractivity contribution in [1.82, 2.24) is 0 Å². The molecule has 0 aromatic heterocycles. The average Bonchev–Trinajstić information content (AvgIpc) is 2.17. The molecular weight excluding hydrogens is 174 g/mol. The molecule has 2 aliphatic carbocycles. The van der Waals surface area contributed by atoms with E-state index in [4.69, 9.17) is 0 Å². The van der Waals surface area contributed by atoms with Crippen molar-refractivity contribution in [1.29, 1.82) is 0 Å². The molecule has 0 bridgehead atoms. The summed E-state index contributed by atoms with van der Waals surface area (Å²) in [5.41, 5.74) is 4.19. The van der Waals surface area contributed by atoms with Crippen LogP contribution in [-0.4, -0.2) is 6.54 Å². The van der Waals surface area contributed by atoms with Gasteiger partial charge in [-0.2, -0.15) is 4.91 Å². The molecule has 2 atom stereocenters. The van der Waals surface area contributed by atoms with E-state index in [-0.39, 0.29) is 0 Å². The van der Waals surface area contributed by atoms with Crippen LogP contribution in [0.4, 0.5) is 0 Å². The zero-order chi connectivity index (χ0) is 10.1. The molecule has 0 N–H and O–H groups in total. The third-order valence-electron chi connectivity index (χ3n) is 3.36. The lowest BCUT2D eigenvalue weighted by Crippen LogP contribution is -2.37. The minimum absolute atomic E-state index is 0.383. The van der Waals surface area contributed by atoms with Gasteiger partial charge in [0.05, 0.1) is 0 Å². The predicted molar refractivity (Wildman–Crippen MR) is 57.9 cm³/mol. The Hall–Kier alpha value is -1.18. The minimum atomic E-state index is 0.383. The standard InChI is InChI=1S/C12H15NO/c1-3-4-5-10-8(2)11-6-9(7-13-14)12(10)11/h3-4,6,10,12H,5,7H2,1-2H3/b4-3-/t10-,12?/m0/s1. The molecule has 2 aliphatic rings. The molecule has 0 fully saturated rings. The van der Waals surface area contributed by atoms with E-state index in [1.165, 1.54) is 16.7 Å². The molecule has 0 saturated carbocycles. The van der Waals surface area contributed by atoms with Gasteiger partial charge in [0.1, 0.15) is 6.54 Å². The molecule has 74 valence electrons. The van der Waals surface area contributed by atoms with Crippen molar-refractivity contribution >= 4 is 0 Å². The predicted octanol–water partition coefficient (Wildman–Crippen LogP) is 3.22. The molecule has 0 radical (unpaired) electrons. The van der Waals surface area contributed by atoms with Crippen LogP contribution in [0.25, 0.3) is 0 Å². The SMILES string of the molecule is C/C=C\C[C@H]1C(C)=C2C=C(CN=O)C21. The van der Waals surface area contributed by atoms with E-state index in [0.717, 1.165) is 6.42 Å². The van der Waals surface area contributed by atoms with Crippen molar-refractivity contribution in [3.05, 3.63) is 39.9 Å². The number of hydrogen-bond donors (Lipinski definition) is 0. The van der Waals surface area contributed by atoms with Crippen molar-refractivity contribution in [2.24, 2.45) is 17.0 Å². The largest absolute Gasteiger partial charge is 0.150 e. The second-order valence-electron chi connectivity index (χ2n) is 4.03. The fourth-order valence-electron chi connectivity index (χ4n) is 2.50. The van der Waals surface area contributed by atoms with Crippen molar-refractivity contribution in [3.8, 4) is 0 Å². The highest BCUT2D eigenvalue weighted by atomic mass is 16.3. The molecular formula is C12H15NO. The van der Waals surface area contributed by atoms with Crippen LogP contribution >= 0.6 is 0 Å². The molecule has 14 heavy (non-hydrogen) atoms. The summed E-state index contributed by atoms with van der Waals surface area (Å²) in [6, 6.07) is 0. The molecule has 0 aliphatic heterocycles. The third kappa shape index (κ3) is 1.17. The zero-order valence-electron chi connectivity index (χ0n) is 8.66. The highest BCUT2D eigenvalue weighted by Gasteiger charge is 2.43. The van der Waals surface area contributed by atoms with E-state index < -0.39 is 0 Å². The highest BCUT2D eigenvalue weighted by molar-refractivity contribution is 5.55. The lowest BCUT2D eigenvalue weighted by atomic mass is 9.57. The number of nitrogens with zero attached hydrogens (tertiary/aromatic N) is 1. The number of nitroso groups, excluding NO2 is 1. The first-order valence-corrected chi connectivity index (χ1v) is 5.11. The van der Waals surface area contributed by atoms with Crippen molar-refractivity contribution in [2.45, 2.75) is 20.3 Å². The molecule has 0 aromatic carbocycles. The van der Waals surface area contributed by atoms with Crippen LogP contribution in [0.3, 0.4) is 0 Å². The van der Waals surface area contributed by atoms with E-state index in [1.807, 2.05) is 6.92 Å². The van der Waals surface area contributed by atoms with Crippen LogP contribution in [-0.2, 0) is 0 Å². The van der Waals surface area contributed by atoms with Crippen LogP contribution in [0, 0.1) is 16.7 Å². The molecule has 0 spiro atoms. The molecule has 0 amide bonds. The molecule has 2 heteroatoms. The lowest BCUT2D eigenvalue weighted by molar-refractivity contribution is 0.396. The van der Waals surface area contributed by atoms with Gasteiger partial charge in [-0.3, -0.25) is 0 Å². The number of allylic oxidation sites excluding steroid dienone is 5. The summed E-state index contributed by atoms with van der Waals surface area (Å²) in [5, 5.41) is 2.96. The van der Waals surface area contributed by atoms with Gasteiger partial charge in [0, 0.05) is 5.92 Å². The molecule has 0 aromatic rings. The smallest absolute Gasteiger partial charge is 0.103 e. The Morgan fingerprint density at radius 3 is 3.00 bits per heavy atom. The summed E-state index contributed by atoms with van der Waals surface area (Å²) in [6.45, 7) is 4.62. The van der Waals surface area contributed by atoms with Gasteiger partial charge in [-0.25, -0.2) is 0 Å². The van der Waals surface area contributed by atoms with Crippen LogP contribution in [0.1, 0.15) is 20.3 Å². The Balaban J connectivity index is 2.04. The normalized spacial score (nSPS) is 29.4. The van der Waals surface area contributed by atoms with Gasteiger partial charge in [-0.05, 0) is 37.3 Å². The second-order valence-corrected chi connectivity index (χ2v) is 4.03. The van der Waals surface area contributed by atoms with Crippen molar-refractivity contribution in [3.63, 3.8) is 0 Å². The van der Waals surface area contributed by atoms with Crippen LogP contribution < -0.4 is 0 Å². The van der Waals surface area contributed by atoms with Crippen molar-refractivity contribution in [2.75, 3.05) is 6.54 Å². The third-order valence-corrected chi connectivity index (χ3v) is 3.36. The van der Waals surface area contributed by atoms with Gasteiger partial charge in [-0.1, -0.05) is 29.0 Å². The first-order valence-electron chi connectivity index (χ1n) is 5.11. The quantitative estimate of drug-likeness (QED) is 0.493. The summed E-state index contributed by atoms with van der Waals surface area (Å²) >= 11 is 0. The van der Waals surface area contributed by atoms with Gasteiger partial charge in [0.25, 0.3) is 0 Å². The van der Waals surface area contributed by atoms with Crippen LogP contribution in [0.5, 0.6) is 0 Å². The first kappa shape index (κ1) is 9.38. The van der Waals surface area contributed by atoms with Gasteiger partial charge in [0.15, 0.2) is 0 Å². The van der Waals surface area contributed by atoms with E-state index >= 15 is 0 Å². The van der Waals surface area contributed by atoms with E-state index in [0.29, 0.717) is 18.4 Å². The van der Waals surface area contributed by atoms with E-state index in [9.17, 15) is 4.91 Å². The molecule has 2 nitrogen and oxygen atoms in total. The van der Waals surface area contributed by atoms with Gasteiger partial charge in [0.2, 0.25) is 0 Å². The molecule has 0 heterocycles. The Labute approximate surface area is 84.4 Å². The Bertz CT molecular complexity index is 349. The average molecular weight is 189 g/mol. The van der Waals surface area contributed by atoms with Crippen LogP contribution in [0.15, 0.2) is 40.1 Å². The van der Waals surface area contributed by atoms with Gasteiger partial charge < -0.3 is 0 Å². The minimum Gasteiger partial charge on any atom is -0.150 e.